The summed E-state index contributed by atoms with van der Waals surface area (Å²) in [6.45, 7) is 1.97. The lowest BCUT2D eigenvalue weighted by Gasteiger charge is -2.09. The Morgan fingerprint density at radius 1 is 1.00 bits per heavy atom. The van der Waals surface area contributed by atoms with Crippen LogP contribution < -0.4 is 10.6 Å². The Balaban J connectivity index is 1.71. The monoisotopic (exact) mass is 396 g/mol. The zero-order valence-electron chi connectivity index (χ0n) is 15.2. The molecule has 28 heavy (non-hydrogen) atoms. The molecule has 1 aromatic heterocycles. The van der Waals surface area contributed by atoms with E-state index in [1.165, 1.54) is 13.2 Å². The number of anilines is 3. The minimum Gasteiger partial charge on any atom is -0.465 e. The van der Waals surface area contributed by atoms with Crippen LogP contribution in [0.1, 0.15) is 26.4 Å². The number of carbonyl (C=O) groups is 2. The van der Waals surface area contributed by atoms with Gasteiger partial charge in [-0.3, -0.25) is 4.79 Å². The molecule has 0 aliphatic heterocycles. The van der Waals surface area contributed by atoms with E-state index in [2.05, 4.69) is 20.8 Å². The number of ether oxygens (including phenoxy) is 1. The number of hydrogen-bond acceptors (Lipinski definition) is 6. The molecule has 0 atom stereocenters. The molecule has 0 fully saturated rings. The molecular formula is C20H17ClN4O3. The summed E-state index contributed by atoms with van der Waals surface area (Å²) in [5.74, 6) is -0.474. The number of rotatable bonds is 5. The van der Waals surface area contributed by atoms with Gasteiger partial charge < -0.3 is 15.4 Å². The maximum atomic E-state index is 12.3. The number of nitrogens with zero attached hydrogens (tertiary/aromatic N) is 2. The first kappa shape index (κ1) is 19.3. The predicted molar refractivity (Wildman–Crippen MR) is 107 cm³/mol. The zero-order valence-corrected chi connectivity index (χ0v) is 15.9. The van der Waals surface area contributed by atoms with Gasteiger partial charge in [-0.25, -0.2) is 4.79 Å². The third-order valence-electron chi connectivity index (χ3n) is 3.86. The fraction of sp³-hybridized carbons (Fsp3) is 0.100. The quantitative estimate of drug-likeness (QED) is 0.627. The molecule has 0 aliphatic rings. The van der Waals surface area contributed by atoms with Gasteiger partial charge in [0.25, 0.3) is 5.91 Å². The van der Waals surface area contributed by atoms with Gasteiger partial charge in [-0.1, -0.05) is 29.3 Å². The van der Waals surface area contributed by atoms with Gasteiger partial charge in [0, 0.05) is 5.69 Å². The van der Waals surface area contributed by atoms with Crippen LogP contribution in [-0.2, 0) is 4.74 Å². The van der Waals surface area contributed by atoms with Gasteiger partial charge in [0.05, 0.1) is 23.4 Å². The van der Waals surface area contributed by atoms with Gasteiger partial charge >= 0.3 is 5.97 Å². The summed E-state index contributed by atoms with van der Waals surface area (Å²) in [6.07, 6.45) is 0. The predicted octanol–water partition coefficient (Wildman–Crippen LogP) is 4.22. The Morgan fingerprint density at radius 2 is 1.75 bits per heavy atom. The van der Waals surface area contributed by atoms with Crippen LogP contribution in [0.2, 0.25) is 5.02 Å². The molecule has 142 valence electrons. The van der Waals surface area contributed by atoms with Crippen LogP contribution >= 0.6 is 11.6 Å². The maximum Gasteiger partial charge on any atom is 0.337 e. The summed E-state index contributed by atoms with van der Waals surface area (Å²) in [6, 6.07) is 15.3. The smallest absolute Gasteiger partial charge is 0.337 e. The van der Waals surface area contributed by atoms with Crippen LogP contribution in [0.25, 0.3) is 0 Å². The molecule has 1 amide bonds. The molecular weight excluding hydrogens is 380 g/mol. The number of nitrogens with one attached hydrogen (secondary N) is 2. The zero-order chi connectivity index (χ0) is 20.1. The molecule has 3 rings (SSSR count). The molecule has 3 aromatic rings. The molecule has 0 radical (unpaired) electrons. The third-order valence-corrected chi connectivity index (χ3v) is 4.19. The van der Waals surface area contributed by atoms with E-state index in [1.807, 2.05) is 31.2 Å². The fourth-order valence-electron chi connectivity index (χ4n) is 2.36. The van der Waals surface area contributed by atoms with Crippen molar-refractivity contribution in [3.63, 3.8) is 0 Å². The van der Waals surface area contributed by atoms with Gasteiger partial charge in [0.2, 0.25) is 0 Å². The van der Waals surface area contributed by atoms with E-state index >= 15 is 0 Å². The van der Waals surface area contributed by atoms with E-state index in [0.29, 0.717) is 27.8 Å². The number of amides is 1. The molecule has 0 saturated carbocycles. The molecule has 2 aromatic carbocycles. The van der Waals surface area contributed by atoms with Crippen LogP contribution in [-0.4, -0.2) is 29.2 Å². The molecule has 2 N–H and O–H groups in total. The van der Waals surface area contributed by atoms with Crippen LogP contribution in [0.3, 0.4) is 0 Å². The van der Waals surface area contributed by atoms with Crippen LogP contribution in [0.15, 0.2) is 54.6 Å². The van der Waals surface area contributed by atoms with Crippen LogP contribution in [0, 0.1) is 6.92 Å². The Morgan fingerprint density at radius 3 is 2.39 bits per heavy atom. The number of carbonyl (C=O) groups excluding carboxylic acids is 2. The van der Waals surface area contributed by atoms with E-state index in [9.17, 15) is 9.59 Å². The highest BCUT2D eigenvalue weighted by Gasteiger charge is 2.12. The summed E-state index contributed by atoms with van der Waals surface area (Å²) < 4.78 is 4.70. The average molecular weight is 397 g/mol. The number of benzene rings is 2. The van der Waals surface area contributed by atoms with Gasteiger partial charge in [-0.2, -0.15) is 0 Å². The van der Waals surface area contributed by atoms with Crippen LogP contribution in [0.5, 0.6) is 0 Å². The topological polar surface area (TPSA) is 93.2 Å². The fourth-order valence-corrected chi connectivity index (χ4v) is 2.52. The highest BCUT2D eigenvalue weighted by Crippen LogP contribution is 2.26. The summed E-state index contributed by atoms with van der Waals surface area (Å²) in [4.78, 5) is 23.9. The van der Waals surface area contributed by atoms with Crippen molar-refractivity contribution in [1.82, 2.24) is 10.2 Å². The Kier molecular flexibility index (Phi) is 5.86. The summed E-state index contributed by atoms with van der Waals surface area (Å²) in [7, 11) is 1.30. The standard InChI is InChI=1S/C20H17ClN4O3/c1-12-3-6-14(7-4-12)22-19(26)16-9-10-18(25-24-16)23-17-11-13(20(27)28-2)5-8-15(17)21/h3-11H,1-2H3,(H,22,26)(H,23,25). The number of halogens is 1. The minimum absolute atomic E-state index is 0.167. The van der Waals surface area contributed by atoms with Crippen LogP contribution in [0.4, 0.5) is 17.2 Å². The number of aryl methyl sites for hydroxylation is 1. The molecule has 8 heteroatoms. The number of aromatic nitrogens is 2. The average Bonchev–Trinajstić information content (AvgIpc) is 2.71. The highest BCUT2D eigenvalue weighted by atomic mass is 35.5. The van der Waals surface area contributed by atoms with Crippen molar-refractivity contribution in [2.75, 3.05) is 17.7 Å². The van der Waals surface area contributed by atoms with Crippen molar-refractivity contribution in [2.45, 2.75) is 6.92 Å². The van der Waals surface area contributed by atoms with E-state index in [-0.39, 0.29) is 11.6 Å². The number of hydrogen-bond donors (Lipinski definition) is 2. The van der Waals surface area contributed by atoms with Gasteiger partial charge in [0.1, 0.15) is 0 Å². The van der Waals surface area contributed by atoms with Crippen molar-refractivity contribution in [3.05, 3.63) is 76.4 Å². The van der Waals surface area contributed by atoms with Crippen molar-refractivity contribution in [3.8, 4) is 0 Å². The minimum atomic E-state index is -0.478. The van der Waals surface area contributed by atoms with E-state index in [1.54, 1.807) is 24.3 Å². The van der Waals surface area contributed by atoms with Crippen molar-refractivity contribution >= 4 is 40.7 Å². The summed E-state index contributed by atoms with van der Waals surface area (Å²) >= 11 is 6.15. The normalized spacial score (nSPS) is 10.2. The van der Waals surface area contributed by atoms with Crippen molar-refractivity contribution in [2.24, 2.45) is 0 Å². The number of esters is 1. The van der Waals surface area contributed by atoms with E-state index < -0.39 is 5.97 Å². The second-order valence-electron chi connectivity index (χ2n) is 5.94. The largest absolute Gasteiger partial charge is 0.465 e. The highest BCUT2D eigenvalue weighted by molar-refractivity contribution is 6.33. The Hall–Kier alpha value is -3.45. The molecule has 0 aliphatic carbocycles. The first-order valence-electron chi connectivity index (χ1n) is 8.33. The summed E-state index contributed by atoms with van der Waals surface area (Å²) in [5, 5.41) is 14.0. The maximum absolute atomic E-state index is 12.3. The third kappa shape index (κ3) is 4.63. The second kappa shape index (κ2) is 8.49. The van der Waals surface area contributed by atoms with Gasteiger partial charge in [-0.05, 0) is 49.4 Å². The first-order valence-corrected chi connectivity index (χ1v) is 8.70. The van der Waals surface area contributed by atoms with E-state index in [0.717, 1.165) is 5.56 Å². The lowest BCUT2D eigenvalue weighted by atomic mass is 10.2. The van der Waals surface area contributed by atoms with Crippen molar-refractivity contribution in [1.29, 1.82) is 0 Å². The molecule has 1 heterocycles. The second-order valence-corrected chi connectivity index (χ2v) is 6.34. The lowest BCUT2D eigenvalue weighted by molar-refractivity contribution is 0.0600. The molecule has 0 spiro atoms. The van der Waals surface area contributed by atoms with Gasteiger partial charge in [-0.15, -0.1) is 10.2 Å². The SMILES string of the molecule is COC(=O)c1ccc(Cl)c(Nc2ccc(C(=O)Nc3ccc(C)cc3)nn2)c1. The van der Waals surface area contributed by atoms with Gasteiger partial charge in [0.15, 0.2) is 11.5 Å². The molecule has 0 bridgehead atoms. The molecule has 0 saturated heterocycles. The molecule has 0 unspecified atom stereocenters. The lowest BCUT2D eigenvalue weighted by Crippen LogP contribution is -2.14. The molecule has 7 nitrogen and oxygen atoms in total. The summed E-state index contributed by atoms with van der Waals surface area (Å²) in [5.41, 5.74) is 2.75. The Labute approximate surface area is 166 Å². The Bertz CT molecular complexity index is 1000. The van der Waals surface area contributed by atoms with Crippen molar-refractivity contribution < 1.29 is 14.3 Å². The van der Waals surface area contributed by atoms with E-state index in [4.69, 9.17) is 16.3 Å². The number of methoxy groups -OCH3 is 1. The first-order chi connectivity index (χ1) is 13.5.